The molecule has 0 radical (unpaired) electrons. The number of fused-ring (bicyclic) bond motifs is 14. The van der Waals surface area contributed by atoms with Gasteiger partial charge in [0.1, 0.15) is 0 Å². The number of alkyl halides is 3. The lowest BCUT2D eigenvalue weighted by molar-refractivity contribution is -0.137. The first-order valence-corrected chi connectivity index (χ1v) is 23.4. The Kier molecular flexibility index (Phi) is 8.56. The van der Waals surface area contributed by atoms with Crippen molar-refractivity contribution >= 4 is 49.3 Å². The van der Waals surface area contributed by atoms with E-state index in [4.69, 9.17) is 6.57 Å². The average molecular weight is 911 g/mol. The maximum atomic E-state index is 14.1. The molecule has 0 atom stereocenters. The van der Waals surface area contributed by atoms with Crippen LogP contribution in [-0.2, 0) is 17.0 Å². The van der Waals surface area contributed by atoms with Crippen LogP contribution in [0.25, 0.3) is 104 Å². The van der Waals surface area contributed by atoms with Crippen molar-refractivity contribution in [2.45, 2.75) is 44.7 Å². The van der Waals surface area contributed by atoms with Gasteiger partial charge in [0.25, 0.3) is 0 Å². The maximum Gasteiger partial charge on any atom is 0.415 e. The van der Waals surface area contributed by atoms with Gasteiger partial charge in [-0.2, -0.15) is 18.4 Å². The third-order valence-corrected chi connectivity index (χ3v) is 15.4. The Morgan fingerprint density at radius 1 is 0.486 bits per heavy atom. The summed E-state index contributed by atoms with van der Waals surface area (Å²) in [6.45, 7) is 17.3. The molecule has 2 aromatic heterocycles. The van der Waals surface area contributed by atoms with Crippen molar-refractivity contribution in [2.24, 2.45) is 0 Å². The monoisotopic (exact) mass is 910 g/mol. The topological polar surface area (TPSA) is 38.0 Å². The van der Waals surface area contributed by atoms with Crippen molar-refractivity contribution in [3.63, 3.8) is 0 Å². The standard InChI is InChI=1S/C63H41F3N4/c1-61(2)48-18-10-6-14-40(48)44-28-30-53-57(59(44)61)46-16-8-12-20-51(46)69(53)55-32-36(35-67)22-25-42(55)43-26-23-37(39-27-24-38(63(64,65)66)34-50(39)68-5)33-56(43)70-52-21-13-9-17-47(52)58-54(70)31-29-45-41-15-7-11-19-49(41)62(3,4)60(45)58/h6-34H,1-4H3. The van der Waals surface area contributed by atoms with Gasteiger partial charge in [0.2, 0.25) is 0 Å². The van der Waals surface area contributed by atoms with Crippen molar-refractivity contribution in [1.82, 2.24) is 9.13 Å². The van der Waals surface area contributed by atoms with Crippen molar-refractivity contribution in [3.05, 3.63) is 221 Å². The first-order valence-electron chi connectivity index (χ1n) is 23.4. The molecule has 0 fully saturated rings. The third kappa shape index (κ3) is 5.58. The van der Waals surface area contributed by atoms with Crippen LogP contribution in [-0.4, -0.2) is 9.13 Å². The van der Waals surface area contributed by atoms with E-state index >= 15 is 0 Å². The van der Waals surface area contributed by atoms with Gasteiger partial charge in [0, 0.05) is 49.1 Å². The average Bonchev–Trinajstić information content (AvgIpc) is 4.04. The number of para-hydroxylation sites is 2. The lowest BCUT2D eigenvalue weighted by Gasteiger charge is -2.23. The number of rotatable bonds is 4. The second-order valence-corrected chi connectivity index (χ2v) is 19.7. The van der Waals surface area contributed by atoms with Crippen LogP contribution in [0.4, 0.5) is 18.9 Å². The van der Waals surface area contributed by atoms with Gasteiger partial charge >= 0.3 is 6.18 Å². The van der Waals surface area contributed by atoms with E-state index in [9.17, 15) is 18.4 Å². The second-order valence-electron chi connectivity index (χ2n) is 19.7. The van der Waals surface area contributed by atoms with E-state index < -0.39 is 11.7 Å². The Bertz CT molecular complexity index is 4200. The quantitative estimate of drug-likeness (QED) is 0.162. The highest BCUT2D eigenvalue weighted by molar-refractivity contribution is 6.16. The summed E-state index contributed by atoms with van der Waals surface area (Å²) in [6.07, 6.45) is -4.61. The first kappa shape index (κ1) is 41.5. The molecule has 2 heterocycles. The SMILES string of the molecule is [C-]#[N+]c1cc(C(F)(F)F)ccc1-c1ccc(-c2ccc(C#N)cc2-n2c3ccccc3c3c4c(ccc32)-c2ccccc2C4(C)C)c(-n2c3ccccc3c3c4c(ccc32)-c2ccccc2C4(C)C)c1. The minimum absolute atomic E-state index is 0.0879. The fourth-order valence-corrected chi connectivity index (χ4v) is 12.4. The molecular weight excluding hydrogens is 870 g/mol. The van der Waals surface area contributed by atoms with Crippen molar-refractivity contribution < 1.29 is 13.2 Å². The number of hydrogen-bond acceptors (Lipinski definition) is 1. The Balaban J connectivity index is 1.14. The highest BCUT2D eigenvalue weighted by atomic mass is 19.4. The van der Waals surface area contributed by atoms with Crippen LogP contribution in [0, 0.1) is 17.9 Å². The summed E-state index contributed by atoms with van der Waals surface area (Å²) in [5, 5.41) is 15.1. The van der Waals surface area contributed by atoms with Crippen LogP contribution in [0.3, 0.4) is 0 Å². The van der Waals surface area contributed by atoms with Crippen molar-refractivity contribution in [3.8, 4) is 62.0 Å². The lowest BCUT2D eigenvalue weighted by Crippen LogP contribution is -2.15. The van der Waals surface area contributed by atoms with Crippen LogP contribution < -0.4 is 0 Å². The number of nitrogens with zero attached hydrogens (tertiary/aromatic N) is 4. The Morgan fingerprint density at radius 3 is 1.49 bits per heavy atom. The van der Waals surface area contributed by atoms with Gasteiger partial charge in [0.15, 0.2) is 5.69 Å². The predicted octanol–water partition coefficient (Wildman–Crippen LogP) is 17.3. The maximum absolute atomic E-state index is 14.1. The first-order chi connectivity index (χ1) is 33.8. The van der Waals surface area contributed by atoms with Gasteiger partial charge in [-0.15, -0.1) is 0 Å². The van der Waals surface area contributed by atoms with Crippen LogP contribution in [0.2, 0.25) is 0 Å². The van der Waals surface area contributed by atoms with E-state index in [0.29, 0.717) is 16.7 Å². The zero-order chi connectivity index (χ0) is 48.0. The van der Waals surface area contributed by atoms with E-state index in [-0.39, 0.29) is 16.5 Å². The van der Waals surface area contributed by atoms with E-state index in [1.807, 2.05) is 42.5 Å². The summed E-state index contributed by atoms with van der Waals surface area (Å²) in [5.74, 6) is 0. The van der Waals surface area contributed by atoms with Gasteiger partial charge < -0.3 is 9.13 Å². The van der Waals surface area contributed by atoms with Gasteiger partial charge in [-0.05, 0) is 104 Å². The molecule has 2 aliphatic carbocycles. The molecule has 70 heavy (non-hydrogen) atoms. The van der Waals surface area contributed by atoms with Crippen LogP contribution >= 0.6 is 0 Å². The molecule has 0 saturated heterocycles. The molecule has 13 rings (SSSR count). The smallest absolute Gasteiger partial charge is 0.309 e. The number of hydrogen-bond donors (Lipinski definition) is 0. The molecule has 0 spiro atoms. The Hall–Kier alpha value is -8.65. The zero-order valence-electron chi connectivity index (χ0n) is 38.7. The Morgan fingerprint density at radius 2 is 0.957 bits per heavy atom. The minimum Gasteiger partial charge on any atom is -0.309 e. The number of benzene rings is 9. The molecular formula is C63H41F3N4. The summed E-state index contributed by atoms with van der Waals surface area (Å²) in [5.41, 5.74) is 17.0. The molecule has 4 nitrogen and oxygen atoms in total. The van der Waals surface area contributed by atoms with Gasteiger partial charge in [-0.1, -0.05) is 155 Å². The van der Waals surface area contributed by atoms with Gasteiger partial charge in [-0.25, -0.2) is 4.85 Å². The molecule has 0 N–H and O–H groups in total. The molecule has 0 saturated carbocycles. The summed E-state index contributed by atoms with van der Waals surface area (Å²) in [4.78, 5) is 3.65. The lowest BCUT2D eigenvalue weighted by atomic mass is 9.80. The van der Waals surface area contributed by atoms with E-state index in [0.717, 1.165) is 78.2 Å². The Labute approximate surface area is 402 Å². The van der Waals surface area contributed by atoms with Gasteiger partial charge in [-0.3, -0.25) is 0 Å². The molecule has 334 valence electrons. The number of halogens is 3. The summed E-state index contributed by atoms with van der Waals surface area (Å²) in [6, 6.07) is 60.7. The van der Waals surface area contributed by atoms with Crippen molar-refractivity contribution in [1.29, 1.82) is 5.26 Å². The zero-order valence-corrected chi connectivity index (χ0v) is 38.7. The normalized spacial score (nSPS) is 14.1. The number of nitriles is 1. The third-order valence-electron chi connectivity index (χ3n) is 15.4. The molecule has 0 aliphatic heterocycles. The van der Waals surface area contributed by atoms with E-state index in [1.165, 1.54) is 50.6 Å². The minimum atomic E-state index is -4.61. The van der Waals surface area contributed by atoms with Crippen molar-refractivity contribution in [2.75, 3.05) is 0 Å². The summed E-state index contributed by atoms with van der Waals surface area (Å²) in [7, 11) is 0. The largest absolute Gasteiger partial charge is 0.415 e. The predicted molar refractivity (Wildman–Crippen MR) is 277 cm³/mol. The van der Waals surface area contributed by atoms with E-state index in [2.05, 4.69) is 163 Å². The fraction of sp³-hybridized carbons (Fsp3) is 0.111. The van der Waals surface area contributed by atoms with Gasteiger partial charge in [0.05, 0.1) is 51.6 Å². The molecule has 0 unspecified atom stereocenters. The number of aromatic nitrogens is 2. The highest BCUT2D eigenvalue weighted by Gasteiger charge is 2.40. The molecule has 2 aliphatic rings. The molecule has 7 heteroatoms. The van der Waals surface area contributed by atoms with Crippen LogP contribution in [0.15, 0.2) is 176 Å². The fourth-order valence-electron chi connectivity index (χ4n) is 12.4. The molecule has 0 amide bonds. The summed E-state index contributed by atoms with van der Waals surface area (Å²) >= 11 is 0. The van der Waals surface area contributed by atoms with E-state index in [1.54, 1.807) is 0 Å². The summed E-state index contributed by atoms with van der Waals surface area (Å²) < 4.78 is 46.9. The molecule has 9 aromatic carbocycles. The highest BCUT2D eigenvalue weighted by Crippen LogP contribution is 2.56. The van der Waals surface area contributed by atoms with Crippen LogP contribution in [0.1, 0.15) is 61.1 Å². The second kappa shape index (κ2) is 14.4. The van der Waals surface area contributed by atoms with Crippen LogP contribution in [0.5, 0.6) is 0 Å². The molecule has 0 bridgehead atoms. The molecule has 11 aromatic rings.